The topological polar surface area (TPSA) is 35.5 Å². The van der Waals surface area contributed by atoms with E-state index in [0.717, 1.165) is 42.6 Å². The molecule has 0 spiro atoms. The van der Waals surface area contributed by atoms with E-state index in [1.54, 1.807) is 0 Å². The zero-order valence-electron chi connectivity index (χ0n) is 26.9. The van der Waals surface area contributed by atoms with E-state index in [9.17, 15) is 4.79 Å². The summed E-state index contributed by atoms with van der Waals surface area (Å²) in [5.74, 6) is 0.706. The molecule has 2 aromatic rings. The Balaban J connectivity index is 1.48. The van der Waals surface area contributed by atoms with Crippen LogP contribution in [0, 0.1) is 0 Å². The summed E-state index contributed by atoms with van der Waals surface area (Å²) in [5, 5.41) is 0. The number of hydrogen-bond acceptors (Lipinski definition) is 3. The van der Waals surface area contributed by atoms with Crippen molar-refractivity contribution in [2.45, 2.75) is 129 Å². The first kappa shape index (κ1) is 34.9. The molecule has 0 aliphatic rings. The van der Waals surface area contributed by atoms with E-state index in [1.165, 1.54) is 88.2 Å². The van der Waals surface area contributed by atoms with Gasteiger partial charge in [0, 0.05) is 12.0 Å². The van der Waals surface area contributed by atoms with Gasteiger partial charge in [0.15, 0.2) is 0 Å². The molecule has 0 amide bonds. The van der Waals surface area contributed by atoms with Crippen molar-refractivity contribution in [1.29, 1.82) is 0 Å². The van der Waals surface area contributed by atoms with Crippen LogP contribution in [0.15, 0.2) is 54.6 Å². The predicted octanol–water partition coefficient (Wildman–Crippen LogP) is 9.69. The standard InChI is InChI=1S/C37H60NO3/c1-5-6-7-8-9-10-11-12-13-14-15-17-22-34-26-28-36(29-27-34)41-33(2)32-40-37(39)25-20-21-30-38(3,4)31-35-23-18-16-19-24-35/h16,18-19,23-24,26-29,33H,5-15,17,20-22,25,30-32H2,1-4H3/q+1. The number of esters is 1. The largest absolute Gasteiger partial charge is 0.487 e. The van der Waals surface area contributed by atoms with Gasteiger partial charge < -0.3 is 14.0 Å². The quantitative estimate of drug-likeness (QED) is 0.0721. The summed E-state index contributed by atoms with van der Waals surface area (Å²) < 4.78 is 12.4. The van der Waals surface area contributed by atoms with Gasteiger partial charge in [-0.15, -0.1) is 0 Å². The molecule has 0 fully saturated rings. The fraction of sp³-hybridized carbons (Fsp3) is 0.649. The van der Waals surface area contributed by atoms with E-state index in [4.69, 9.17) is 9.47 Å². The lowest BCUT2D eigenvalue weighted by atomic mass is 10.0. The predicted molar refractivity (Wildman–Crippen MR) is 173 cm³/mol. The second-order valence-electron chi connectivity index (χ2n) is 12.7. The summed E-state index contributed by atoms with van der Waals surface area (Å²) >= 11 is 0. The Morgan fingerprint density at radius 3 is 1.90 bits per heavy atom. The van der Waals surface area contributed by atoms with Crippen molar-refractivity contribution in [2.24, 2.45) is 0 Å². The molecule has 2 rings (SSSR count). The maximum absolute atomic E-state index is 12.2. The third kappa shape index (κ3) is 18.0. The zero-order chi connectivity index (χ0) is 29.6. The first-order chi connectivity index (χ1) is 19.9. The summed E-state index contributed by atoms with van der Waals surface area (Å²) in [7, 11) is 4.49. The highest BCUT2D eigenvalue weighted by atomic mass is 16.6. The molecule has 0 saturated heterocycles. The van der Waals surface area contributed by atoms with Crippen LogP contribution in [0.25, 0.3) is 0 Å². The lowest BCUT2D eigenvalue weighted by Gasteiger charge is -2.30. The average molecular weight is 567 g/mol. The fourth-order valence-corrected chi connectivity index (χ4v) is 5.42. The van der Waals surface area contributed by atoms with Gasteiger partial charge in [0.25, 0.3) is 0 Å². The molecule has 0 N–H and O–H groups in total. The normalized spacial score (nSPS) is 12.3. The van der Waals surface area contributed by atoms with Gasteiger partial charge in [-0.25, -0.2) is 0 Å². The van der Waals surface area contributed by atoms with Gasteiger partial charge in [-0.1, -0.05) is 120 Å². The molecular weight excluding hydrogens is 506 g/mol. The molecule has 4 nitrogen and oxygen atoms in total. The van der Waals surface area contributed by atoms with E-state index < -0.39 is 0 Å². The minimum atomic E-state index is -0.164. The second-order valence-corrected chi connectivity index (χ2v) is 12.7. The van der Waals surface area contributed by atoms with Gasteiger partial charge in [-0.05, 0) is 50.3 Å². The monoisotopic (exact) mass is 566 g/mol. The van der Waals surface area contributed by atoms with Crippen LogP contribution < -0.4 is 4.74 Å². The van der Waals surface area contributed by atoms with E-state index in [0.29, 0.717) is 6.42 Å². The Labute approximate surface area is 252 Å². The number of rotatable bonds is 24. The van der Waals surface area contributed by atoms with Crippen molar-refractivity contribution in [2.75, 3.05) is 27.2 Å². The molecule has 230 valence electrons. The van der Waals surface area contributed by atoms with Crippen LogP contribution in [0.3, 0.4) is 0 Å². The number of nitrogens with zero attached hydrogens (tertiary/aromatic N) is 1. The van der Waals surface area contributed by atoms with Crippen molar-refractivity contribution in [1.82, 2.24) is 0 Å². The minimum Gasteiger partial charge on any atom is -0.487 e. The van der Waals surface area contributed by atoms with Crippen LogP contribution in [0.4, 0.5) is 0 Å². The zero-order valence-corrected chi connectivity index (χ0v) is 26.9. The molecule has 0 radical (unpaired) electrons. The SMILES string of the molecule is CCCCCCCCCCCCCCc1ccc(OC(C)COC(=O)CCCC[N+](C)(C)Cc2ccccc2)cc1. The number of benzene rings is 2. The molecular formula is C37H60NO3+. The molecule has 0 aliphatic heterocycles. The van der Waals surface area contributed by atoms with Crippen LogP contribution in [-0.2, 0) is 22.5 Å². The number of carbonyl (C=O) groups excluding carboxylic acids is 1. The summed E-state index contributed by atoms with van der Waals surface area (Å²) in [6, 6.07) is 19.0. The van der Waals surface area contributed by atoms with Gasteiger partial charge in [-0.3, -0.25) is 4.79 Å². The Hall–Kier alpha value is -2.33. The molecule has 0 aliphatic carbocycles. The first-order valence-corrected chi connectivity index (χ1v) is 16.6. The molecule has 1 unspecified atom stereocenters. The number of ether oxygens (including phenoxy) is 2. The number of aryl methyl sites for hydroxylation is 1. The van der Waals surface area contributed by atoms with Gasteiger partial charge in [-0.2, -0.15) is 0 Å². The first-order valence-electron chi connectivity index (χ1n) is 16.6. The Bertz CT molecular complexity index is 910. The Morgan fingerprint density at radius 2 is 1.29 bits per heavy atom. The van der Waals surface area contributed by atoms with Crippen molar-refractivity contribution >= 4 is 5.97 Å². The highest BCUT2D eigenvalue weighted by molar-refractivity contribution is 5.69. The summed E-state index contributed by atoms with van der Waals surface area (Å²) in [6.07, 6.45) is 19.9. The van der Waals surface area contributed by atoms with Crippen molar-refractivity contribution in [3.8, 4) is 5.75 Å². The molecule has 0 heterocycles. The van der Waals surface area contributed by atoms with Crippen LogP contribution in [0.2, 0.25) is 0 Å². The fourth-order valence-electron chi connectivity index (χ4n) is 5.42. The van der Waals surface area contributed by atoms with Crippen LogP contribution in [-0.4, -0.2) is 43.8 Å². The summed E-state index contributed by atoms with van der Waals surface area (Å²) in [5.41, 5.74) is 2.72. The highest BCUT2D eigenvalue weighted by Gasteiger charge is 2.16. The van der Waals surface area contributed by atoms with Crippen LogP contribution in [0.1, 0.15) is 121 Å². The highest BCUT2D eigenvalue weighted by Crippen LogP contribution is 2.18. The maximum Gasteiger partial charge on any atom is 0.305 e. The van der Waals surface area contributed by atoms with Crippen molar-refractivity contribution < 1.29 is 18.8 Å². The van der Waals surface area contributed by atoms with Gasteiger partial charge in [0.2, 0.25) is 0 Å². The molecule has 0 saturated carbocycles. The van der Waals surface area contributed by atoms with E-state index in [2.05, 4.69) is 63.5 Å². The van der Waals surface area contributed by atoms with Gasteiger partial charge in [0.1, 0.15) is 25.0 Å². The van der Waals surface area contributed by atoms with Gasteiger partial charge >= 0.3 is 5.97 Å². The van der Waals surface area contributed by atoms with E-state index in [-0.39, 0.29) is 18.7 Å². The number of quaternary nitrogens is 1. The smallest absolute Gasteiger partial charge is 0.305 e. The van der Waals surface area contributed by atoms with E-state index >= 15 is 0 Å². The Morgan fingerprint density at radius 1 is 0.707 bits per heavy atom. The van der Waals surface area contributed by atoms with Gasteiger partial charge in [0.05, 0.1) is 20.6 Å². The molecule has 41 heavy (non-hydrogen) atoms. The summed E-state index contributed by atoms with van der Waals surface area (Å²) in [6.45, 7) is 6.56. The van der Waals surface area contributed by atoms with Crippen molar-refractivity contribution in [3.63, 3.8) is 0 Å². The third-order valence-electron chi connectivity index (χ3n) is 7.91. The number of carbonyl (C=O) groups is 1. The molecule has 1 atom stereocenters. The molecule has 4 heteroatoms. The lowest BCUT2D eigenvalue weighted by Crippen LogP contribution is -2.39. The number of hydrogen-bond donors (Lipinski definition) is 0. The minimum absolute atomic E-state index is 0.133. The summed E-state index contributed by atoms with van der Waals surface area (Å²) in [4.78, 5) is 12.2. The Kier molecular flexibility index (Phi) is 18.2. The third-order valence-corrected chi connectivity index (χ3v) is 7.91. The average Bonchev–Trinajstić information content (AvgIpc) is 2.96. The van der Waals surface area contributed by atoms with E-state index in [1.807, 2.05) is 19.1 Å². The van der Waals surface area contributed by atoms with Crippen molar-refractivity contribution in [3.05, 3.63) is 65.7 Å². The second kappa shape index (κ2) is 21.4. The molecule has 0 aromatic heterocycles. The molecule has 0 bridgehead atoms. The maximum atomic E-state index is 12.2. The van der Waals surface area contributed by atoms with Crippen LogP contribution in [0.5, 0.6) is 5.75 Å². The van der Waals surface area contributed by atoms with Crippen LogP contribution >= 0.6 is 0 Å². The lowest BCUT2D eigenvalue weighted by molar-refractivity contribution is -0.903. The molecule has 2 aromatic carbocycles. The number of unbranched alkanes of at least 4 members (excludes halogenated alkanes) is 12.